The van der Waals surface area contributed by atoms with Crippen molar-refractivity contribution in [3.05, 3.63) is 0 Å². The van der Waals surface area contributed by atoms with E-state index < -0.39 is 97.5 Å². The fourth-order valence-electron chi connectivity index (χ4n) is 12.5. The molecule has 0 aliphatic heterocycles. The van der Waals surface area contributed by atoms with Crippen LogP contribution in [0.4, 0.5) is 0 Å². The minimum Gasteiger partial charge on any atom is -0.462 e. The number of carbonyl (C=O) groups excluding carboxylic acids is 4. The largest absolute Gasteiger partial charge is 0.472 e. The highest BCUT2D eigenvalue weighted by Crippen LogP contribution is 2.45. The Morgan fingerprint density at radius 2 is 0.460 bits per heavy atom. The first kappa shape index (κ1) is 98.1. The van der Waals surface area contributed by atoms with Gasteiger partial charge in [0.1, 0.15) is 19.3 Å². The summed E-state index contributed by atoms with van der Waals surface area (Å²) >= 11 is 0. The van der Waals surface area contributed by atoms with Crippen LogP contribution in [0.25, 0.3) is 0 Å². The fraction of sp³-hybridized carbons (Fsp3) is 0.951. The Labute approximate surface area is 613 Å². The highest BCUT2D eigenvalue weighted by Gasteiger charge is 2.30. The quantitative estimate of drug-likeness (QED) is 0.0222. The molecule has 3 N–H and O–H groups in total. The molecule has 19 heteroatoms. The van der Waals surface area contributed by atoms with Crippen LogP contribution in [0, 0.1) is 11.8 Å². The highest BCUT2D eigenvalue weighted by atomic mass is 31.2. The SMILES string of the molecule is CCCCCCCCCCCCCCCCCCCCCCC(=O)O[C@H](COC(=O)CCCCCCCCCCCCCCCC(C)C)COP(=O)(O)OC[C@@H](O)COP(=O)(O)OC[C@@H](COC(=O)CCCCCCCCCCC(C)C)OC(=O)CCCCCCCCCCCCCCC. The van der Waals surface area contributed by atoms with Gasteiger partial charge in [-0.2, -0.15) is 0 Å². The van der Waals surface area contributed by atoms with Crippen LogP contribution in [0.3, 0.4) is 0 Å². The summed E-state index contributed by atoms with van der Waals surface area (Å²) in [6.45, 7) is 9.62. The Morgan fingerprint density at radius 3 is 0.680 bits per heavy atom. The van der Waals surface area contributed by atoms with Crippen molar-refractivity contribution < 1.29 is 80.2 Å². The predicted octanol–water partition coefficient (Wildman–Crippen LogP) is 24.3. The smallest absolute Gasteiger partial charge is 0.462 e. The lowest BCUT2D eigenvalue weighted by molar-refractivity contribution is -0.161. The molecular weight excluding hydrogens is 1310 g/mol. The van der Waals surface area contributed by atoms with Crippen LogP contribution in [-0.4, -0.2) is 96.7 Å². The Morgan fingerprint density at radius 1 is 0.270 bits per heavy atom. The van der Waals surface area contributed by atoms with Crippen LogP contribution in [-0.2, 0) is 65.4 Å². The molecule has 0 aromatic rings. The summed E-state index contributed by atoms with van der Waals surface area (Å²) in [5.41, 5.74) is 0. The van der Waals surface area contributed by atoms with Gasteiger partial charge in [0, 0.05) is 25.7 Å². The Kier molecular flexibility index (Phi) is 71.2. The third kappa shape index (κ3) is 74.3. The second-order valence-electron chi connectivity index (χ2n) is 30.1. The third-order valence-corrected chi connectivity index (χ3v) is 20.9. The molecule has 0 aliphatic carbocycles. The first-order valence-corrected chi connectivity index (χ1v) is 45.0. The van der Waals surface area contributed by atoms with Crippen LogP contribution in [0.15, 0.2) is 0 Å². The molecule has 0 saturated heterocycles. The second-order valence-corrected chi connectivity index (χ2v) is 33.0. The summed E-state index contributed by atoms with van der Waals surface area (Å²) in [5, 5.41) is 10.6. The Bertz CT molecular complexity index is 1920. The maximum absolute atomic E-state index is 13.1. The molecule has 0 rings (SSSR count). The maximum Gasteiger partial charge on any atom is 0.472 e. The average molecular weight is 1470 g/mol. The summed E-state index contributed by atoms with van der Waals surface area (Å²) in [4.78, 5) is 73.0. The second kappa shape index (κ2) is 72.6. The van der Waals surface area contributed by atoms with Crippen LogP contribution >= 0.6 is 15.6 Å². The van der Waals surface area contributed by atoms with Crippen LogP contribution < -0.4 is 0 Å². The van der Waals surface area contributed by atoms with Crippen molar-refractivity contribution in [2.24, 2.45) is 11.8 Å². The van der Waals surface area contributed by atoms with E-state index in [0.717, 1.165) is 102 Å². The molecule has 0 heterocycles. The first-order chi connectivity index (χ1) is 48.4. The van der Waals surface area contributed by atoms with Crippen LogP contribution in [0.2, 0.25) is 0 Å². The molecule has 2 unspecified atom stereocenters. The first-order valence-electron chi connectivity index (χ1n) is 42.0. The van der Waals surface area contributed by atoms with E-state index in [1.165, 1.54) is 244 Å². The van der Waals surface area contributed by atoms with E-state index in [-0.39, 0.29) is 25.7 Å². The van der Waals surface area contributed by atoms with Crippen molar-refractivity contribution in [2.45, 2.75) is 445 Å². The number of hydrogen-bond donors (Lipinski definition) is 3. The number of rotatable bonds is 80. The molecule has 594 valence electrons. The molecule has 0 amide bonds. The minimum absolute atomic E-state index is 0.107. The average Bonchev–Trinajstić information content (AvgIpc) is 0.928. The Balaban J connectivity index is 5.24. The summed E-state index contributed by atoms with van der Waals surface area (Å²) in [6, 6.07) is 0. The highest BCUT2D eigenvalue weighted by molar-refractivity contribution is 7.47. The van der Waals surface area contributed by atoms with E-state index in [1.54, 1.807) is 0 Å². The van der Waals surface area contributed by atoms with Crippen molar-refractivity contribution in [1.29, 1.82) is 0 Å². The van der Waals surface area contributed by atoms with E-state index in [9.17, 15) is 43.2 Å². The summed E-state index contributed by atoms with van der Waals surface area (Å²) in [6.07, 6.45) is 62.5. The van der Waals surface area contributed by atoms with E-state index in [1.807, 2.05) is 0 Å². The van der Waals surface area contributed by atoms with Gasteiger partial charge in [-0.25, -0.2) is 9.13 Å². The molecule has 0 bridgehead atoms. The van der Waals surface area contributed by atoms with Gasteiger partial charge in [0.15, 0.2) is 12.2 Å². The zero-order chi connectivity index (χ0) is 73.5. The topological polar surface area (TPSA) is 237 Å². The number of hydrogen-bond acceptors (Lipinski definition) is 15. The molecule has 0 aromatic carbocycles. The number of carbonyl (C=O) groups is 4. The maximum atomic E-state index is 13.1. The Hall–Kier alpha value is -1.94. The summed E-state index contributed by atoms with van der Waals surface area (Å²) in [5.74, 6) is -0.591. The molecular formula is C81H158O17P2. The van der Waals surface area contributed by atoms with Gasteiger partial charge in [-0.1, -0.05) is 375 Å². The van der Waals surface area contributed by atoms with E-state index in [4.69, 9.17) is 37.0 Å². The molecule has 0 fully saturated rings. The molecule has 0 spiro atoms. The number of phosphoric ester groups is 2. The zero-order valence-corrected chi connectivity index (χ0v) is 67.3. The van der Waals surface area contributed by atoms with Gasteiger partial charge >= 0.3 is 39.5 Å². The van der Waals surface area contributed by atoms with Crippen molar-refractivity contribution in [3.63, 3.8) is 0 Å². The molecule has 0 aromatic heterocycles. The van der Waals surface area contributed by atoms with Crippen molar-refractivity contribution >= 4 is 39.5 Å². The monoisotopic (exact) mass is 1470 g/mol. The van der Waals surface area contributed by atoms with E-state index in [2.05, 4.69) is 41.5 Å². The molecule has 0 radical (unpaired) electrons. The molecule has 0 aliphatic rings. The number of esters is 4. The van der Waals surface area contributed by atoms with Crippen molar-refractivity contribution in [2.75, 3.05) is 39.6 Å². The molecule has 0 saturated carbocycles. The number of aliphatic hydroxyl groups excluding tert-OH is 1. The van der Waals surface area contributed by atoms with Crippen LogP contribution in [0.5, 0.6) is 0 Å². The van der Waals surface area contributed by atoms with Crippen molar-refractivity contribution in [1.82, 2.24) is 0 Å². The third-order valence-electron chi connectivity index (χ3n) is 19.0. The lowest BCUT2D eigenvalue weighted by Crippen LogP contribution is -2.30. The fourth-order valence-corrected chi connectivity index (χ4v) is 14.1. The lowest BCUT2D eigenvalue weighted by Gasteiger charge is -2.21. The van der Waals surface area contributed by atoms with E-state index >= 15 is 0 Å². The minimum atomic E-state index is -4.96. The molecule has 5 atom stereocenters. The van der Waals surface area contributed by atoms with Gasteiger partial charge in [0.2, 0.25) is 0 Å². The lowest BCUT2D eigenvalue weighted by atomic mass is 10.0. The van der Waals surface area contributed by atoms with Gasteiger partial charge < -0.3 is 33.8 Å². The van der Waals surface area contributed by atoms with Gasteiger partial charge in [-0.3, -0.25) is 37.3 Å². The number of aliphatic hydroxyl groups is 1. The van der Waals surface area contributed by atoms with Crippen molar-refractivity contribution in [3.8, 4) is 0 Å². The summed E-state index contributed by atoms with van der Waals surface area (Å²) < 4.78 is 68.7. The van der Waals surface area contributed by atoms with Gasteiger partial charge in [0.05, 0.1) is 26.4 Å². The summed E-state index contributed by atoms with van der Waals surface area (Å²) in [7, 11) is -9.92. The zero-order valence-electron chi connectivity index (χ0n) is 65.5. The normalized spacial score (nSPS) is 13.9. The van der Waals surface area contributed by atoms with Gasteiger partial charge in [-0.15, -0.1) is 0 Å². The molecule has 100 heavy (non-hydrogen) atoms. The molecule has 17 nitrogen and oxygen atoms in total. The van der Waals surface area contributed by atoms with Gasteiger partial charge in [0.25, 0.3) is 0 Å². The number of unbranched alkanes of at least 4 members (excludes halogenated alkanes) is 50. The van der Waals surface area contributed by atoms with Crippen LogP contribution in [0.1, 0.15) is 427 Å². The van der Waals surface area contributed by atoms with Gasteiger partial charge in [-0.05, 0) is 37.5 Å². The van der Waals surface area contributed by atoms with E-state index in [0.29, 0.717) is 25.7 Å². The predicted molar refractivity (Wildman–Crippen MR) is 409 cm³/mol. The standard InChI is InChI=1S/C81H158O17P2/c1-7-9-11-13-15-17-19-21-22-23-24-25-26-27-31-36-40-48-54-60-66-81(86)97-76(69-91-78(83)63-57-51-45-38-34-32-28-30-33-37-43-49-55-61-73(3)4)71-95-99(87,88)93-67-75(82)68-94-100(89,90)96-72-77(70-92-79(84)64-58-52-46-42-41-44-50-56-62-74(5)6)98-80(85)65-59-53-47-39-35-29-20-18-16-14-12-10-8-2/h73-77,82H,7-72H2,1-6H3,(H,87,88)(H,89,90)/t75-,76-,77-/m1/s1. The number of ether oxygens (including phenoxy) is 4. The number of phosphoric acid groups is 2.